The van der Waals surface area contributed by atoms with E-state index in [2.05, 4.69) is 10.2 Å². The molecule has 0 unspecified atom stereocenters. The number of amides is 1. The van der Waals surface area contributed by atoms with Gasteiger partial charge in [-0.05, 0) is 38.4 Å². The molecule has 6 heteroatoms. The first-order chi connectivity index (χ1) is 13.5. The lowest BCUT2D eigenvalue weighted by atomic mass is 10.1. The summed E-state index contributed by atoms with van der Waals surface area (Å²) in [5.74, 6) is -0.0764. The molecule has 28 heavy (non-hydrogen) atoms. The Morgan fingerprint density at radius 1 is 1.18 bits per heavy atom. The van der Waals surface area contributed by atoms with Gasteiger partial charge < -0.3 is 15.0 Å². The molecular formula is C22H29N3O3. The Balaban J connectivity index is 1.61. The molecule has 6 nitrogen and oxygen atoms in total. The van der Waals surface area contributed by atoms with Crippen LogP contribution in [0.2, 0.25) is 0 Å². The van der Waals surface area contributed by atoms with E-state index in [9.17, 15) is 9.59 Å². The van der Waals surface area contributed by atoms with E-state index in [-0.39, 0.29) is 30.8 Å². The van der Waals surface area contributed by atoms with E-state index in [1.54, 1.807) is 10.6 Å². The Kier molecular flexibility index (Phi) is 6.65. The highest BCUT2D eigenvalue weighted by Gasteiger charge is 2.22. The molecule has 1 amide bonds. The molecule has 1 aromatic carbocycles. The van der Waals surface area contributed by atoms with Crippen LogP contribution in [-0.4, -0.2) is 58.5 Å². The summed E-state index contributed by atoms with van der Waals surface area (Å²) in [4.78, 5) is 27.4. The number of rotatable bonds is 7. The Bertz CT molecular complexity index is 824. The number of carbonyl (C=O) groups excluding carboxylic acids is 2. The van der Waals surface area contributed by atoms with Gasteiger partial charge in [-0.25, -0.2) is 0 Å². The first-order valence-corrected chi connectivity index (χ1v) is 9.86. The summed E-state index contributed by atoms with van der Waals surface area (Å²) in [7, 11) is 1.83. The van der Waals surface area contributed by atoms with Gasteiger partial charge in [0, 0.05) is 37.4 Å². The van der Waals surface area contributed by atoms with Crippen LogP contribution < -0.4 is 5.32 Å². The molecule has 1 aliphatic rings. The minimum Gasteiger partial charge on any atom is -0.395 e. The predicted molar refractivity (Wildman–Crippen MR) is 108 cm³/mol. The zero-order valence-electron chi connectivity index (χ0n) is 16.6. The number of aryl methyl sites for hydroxylation is 1. The molecule has 1 aromatic heterocycles. The number of ketones is 1. The third-order valence-corrected chi connectivity index (χ3v) is 5.40. The number of hydrogen-bond donors (Lipinski definition) is 2. The molecule has 150 valence electrons. The van der Waals surface area contributed by atoms with Crippen LogP contribution in [0.15, 0.2) is 36.4 Å². The van der Waals surface area contributed by atoms with Crippen molar-refractivity contribution in [1.29, 1.82) is 0 Å². The van der Waals surface area contributed by atoms with Gasteiger partial charge in [0.05, 0.1) is 18.7 Å². The zero-order chi connectivity index (χ0) is 20.1. The van der Waals surface area contributed by atoms with Crippen molar-refractivity contribution >= 4 is 11.7 Å². The first-order valence-electron chi connectivity index (χ1n) is 9.86. The van der Waals surface area contributed by atoms with E-state index in [1.165, 1.54) is 0 Å². The predicted octanol–water partition coefficient (Wildman–Crippen LogP) is 1.68. The maximum atomic E-state index is 12.7. The maximum absolute atomic E-state index is 12.7. The Hall–Kier alpha value is -2.44. The summed E-state index contributed by atoms with van der Waals surface area (Å²) in [6.45, 7) is 4.52. The molecule has 1 saturated heterocycles. The summed E-state index contributed by atoms with van der Waals surface area (Å²) in [6, 6.07) is 11.3. The van der Waals surface area contributed by atoms with E-state index in [1.807, 2.05) is 44.3 Å². The molecule has 0 bridgehead atoms. The first kappa shape index (κ1) is 20.3. The number of aliphatic hydroxyl groups excluding tert-OH is 1. The van der Waals surface area contributed by atoms with Crippen molar-refractivity contribution in [3.8, 4) is 0 Å². The van der Waals surface area contributed by atoms with E-state index >= 15 is 0 Å². The summed E-state index contributed by atoms with van der Waals surface area (Å²) >= 11 is 0. The van der Waals surface area contributed by atoms with Gasteiger partial charge in [0.15, 0.2) is 0 Å². The second-order valence-electron chi connectivity index (χ2n) is 7.57. The molecule has 0 aliphatic carbocycles. The minimum absolute atomic E-state index is 0.0358. The number of β-amino-alcohol motifs (C(OH)–C–C–N with tert-alkyl or cyclic N) is 1. The normalized spacial score (nSPS) is 17.5. The van der Waals surface area contributed by atoms with Crippen LogP contribution in [0.5, 0.6) is 0 Å². The summed E-state index contributed by atoms with van der Waals surface area (Å²) < 4.78 is 1.81. The summed E-state index contributed by atoms with van der Waals surface area (Å²) in [5, 5.41) is 12.2. The van der Waals surface area contributed by atoms with Gasteiger partial charge in [-0.2, -0.15) is 0 Å². The van der Waals surface area contributed by atoms with E-state index in [0.717, 1.165) is 37.2 Å². The average Bonchev–Trinajstić information content (AvgIpc) is 3.02. The van der Waals surface area contributed by atoms with Crippen LogP contribution in [0.25, 0.3) is 0 Å². The molecule has 3 rings (SSSR count). The number of aliphatic hydroxyl groups is 1. The second kappa shape index (κ2) is 9.17. The third kappa shape index (κ3) is 4.88. The zero-order valence-corrected chi connectivity index (χ0v) is 16.6. The van der Waals surface area contributed by atoms with Crippen molar-refractivity contribution in [2.24, 2.45) is 7.05 Å². The van der Waals surface area contributed by atoms with Crippen LogP contribution in [0, 0.1) is 6.92 Å². The second-order valence-corrected chi connectivity index (χ2v) is 7.57. The lowest BCUT2D eigenvalue weighted by Gasteiger charge is -2.32. The molecule has 1 aliphatic heterocycles. The topological polar surface area (TPSA) is 74.6 Å². The molecule has 1 atom stereocenters. The molecule has 0 radical (unpaired) electrons. The highest BCUT2D eigenvalue weighted by atomic mass is 16.3. The van der Waals surface area contributed by atoms with Gasteiger partial charge in [-0.3, -0.25) is 14.5 Å². The van der Waals surface area contributed by atoms with Crippen molar-refractivity contribution in [2.75, 3.05) is 26.2 Å². The van der Waals surface area contributed by atoms with Crippen LogP contribution in [0.3, 0.4) is 0 Å². The molecule has 2 aromatic rings. The number of nitrogens with one attached hydrogen (secondary N) is 1. The monoisotopic (exact) mass is 383 g/mol. The highest BCUT2D eigenvalue weighted by molar-refractivity contribution is 6.08. The maximum Gasteiger partial charge on any atom is 0.226 e. The summed E-state index contributed by atoms with van der Waals surface area (Å²) in [6.07, 6.45) is 2.22. The van der Waals surface area contributed by atoms with Gasteiger partial charge in [0.1, 0.15) is 0 Å². The molecule has 0 saturated carbocycles. The number of aromatic nitrogens is 1. The largest absolute Gasteiger partial charge is 0.395 e. The number of carbonyl (C=O) groups is 2. The van der Waals surface area contributed by atoms with E-state index in [0.29, 0.717) is 17.8 Å². The number of hydrogen-bond acceptors (Lipinski definition) is 4. The summed E-state index contributed by atoms with van der Waals surface area (Å²) in [5.41, 5.74) is 3.16. The van der Waals surface area contributed by atoms with Crippen LogP contribution in [0.1, 0.15) is 40.2 Å². The smallest absolute Gasteiger partial charge is 0.226 e. The van der Waals surface area contributed by atoms with Crippen LogP contribution in [-0.2, 0) is 18.3 Å². The van der Waals surface area contributed by atoms with Gasteiger partial charge in [0.25, 0.3) is 0 Å². The molecule has 2 heterocycles. The van der Waals surface area contributed by atoms with Crippen molar-refractivity contribution in [1.82, 2.24) is 14.8 Å². The lowest BCUT2D eigenvalue weighted by Crippen LogP contribution is -2.48. The quantitative estimate of drug-likeness (QED) is 0.714. The number of piperidine rings is 1. The van der Waals surface area contributed by atoms with Gasteiger partial charge in [0.2, 0.25) is 11.7 Å². The Morgan fingerprint density at radius 2 is 1.93 bits per heavy atom. The fourth-order valence-electron chi connectivity index (χ4n) is 3.77. The Morgan fingerprint density at radius 3 is 2.64 bits per heavy atom. The fraction of sp³-hybridized carbons (Fsp3) is 0.455. The fourth-order valence-corrected chi connectivity index (χ4v) is 3.77. The molecule has 2 N–H and O–H groups in total. The van der Waals surface area contributed by atoms with Crippen molar-refractivity contribution < 1.29 is 14.7 Å². The SMILES string of the molecule is Cc1ccc(C(=O)c2ccc(CC(=O)N[C@@H]3CCCN(CCO)C3)n2C)cc1. The average molecular weight is 383 g/mol. The standard InChI is InChI=1S/C22H29N3O3/c1-16-5-7-17(8-6-16)22(28)20-10-9-19(24(20)2)14-21(27)23-18-4-3-11-25(15-18)12-13-26/h5-10,18,26H,3-4,11-15H2,1-2H3,(H,23,27)/t18-/m1/s1. The third-order valence-electron chi connectivity index (χ3n) is 5.40. The number of likely N-dealkylation sites (tertiary alicyclic amines) is 1. The number of nitrogens with zero attached hydrogens (tertiary/aromatic N) is 2. The van der Waals surface area contributed by atoms with Crippen LogP contribution in [0.4, 0.5) is 0 Å². The number of benzene rings is 1. The Labute approximate surface area is 166 Å². The molecule has 0 spiro atoms. The van der Waals surface area contributed by atoms with Crippen molar-refractivity contribution in [2.45, 2.75) is 32.2 Å². The van der Waals surface area contributed by atoms with E-state index in [4.69, 9.17) is 5.11 Å². The van der Waals surface area contributed by atoms with Crippen molar-refractivity contribution in [3.63, 3.8) is 0 Å². The minimum atomic E-state index is -0.0407. The highest BCUT2D eigenvalue weighted by Crippen LogP contribution is 2.15. The van der Waals surface area contributed by atoms with Crippen molar-refractivity contribution in [3.05, 3.63) is 58.9 Å². The molecular weight excluding hydrogens is 354 g/mol. The van der Waals surface area contributed by atoms with Gasteiger partial charge in [-0.1, -0.05) is 29.8 Å². The lowest BCUT2D eigenvalue weighted by molar-refractivity contribution is -0.121. The van der Waals surface area contributed by atoms with E-state index < -0.39 is 0 Å². The molecule has 1 fully saturated rings. The van der Waals surface area contributed by atoms with Gasteiger partial charge in [-0.15, -0.1) is 0 Å². The van der Waals surface area contributed by atoms with Crippen LogP contribution >= 0.6 is 0 Å². The van der Waals surface area contributed by atoms with Gasteiger partial charge >= 0.3 is 0 Å².